The fraction of sp³-hybridized carbons (Fsp3) is 0.318. The lowest BCUT2D eigenvalue weighted by molar-refractivity contribution is 0.251. The molecule has 1 heterocycles. The van der Waals surface area contributed by atoms with Crippen LogP contribution in [-0.4, -0.2) is 34.2 Å². The first-order valence-corrected chi connectivity index (χ1v) is 9.65. The Kier molecular flexibility index (Phi) is 6.61. The summed E-state index contributed by atoms with van der Waals surface area (Å²) in [5.41, 5.74) is 3.75. The Morgan fingerprint density at radius 2 is 1.90 bits per heavy atom. The molecule has 0 spiro atoms. The lowest BCUT2D eigenvalue weighted by Crippen LogP contribution is -2.30. The number of urea groups is 1. The molecule has 7 heteroatoms. The maximum absolute atomic E-state index is 12.4. The third-order valence-corrected chi connectivity index (χ3v) is 4.77. The number of benzene rings is 2. The van der Waals surface area contributed by atoms with E-state index < -0.39 is 0 Å². The Morgan fingerprint density at radius 1 is 1.14 bits per heavy atom. The number of nitrogens with one attached hydrogen (secondary N) is 2. The Balaban J connectivity index is 1.61. The molecule has 3 aromatic rings. The molecule has 0 aliphatic carbocycles. The average Bonchev–Trinajstić information content (AvgIpc) is 3.14. The fourth-order valence-corrected chi connectivity index (χ4v) is 2.84. The highest BCUT2D eigenvalue weighted by Gasteiger charge is 2.10. The Bertz CT molecular complexity index is 967. The molecule has 0 bridgehead atoms. The van der Waals surface area contributed by atoms with Gasteiger partial charge in [0, 0.05) is 37.3 Å². The second-order valence-corrected chi connectivity index (χ2v) is 7.30. The van der Waals surface area contributed by atoms with Crippen molar-refractivity contribution in [1.82, 2.24) is 20.4 Å². The van der Waals surface area contributed by atoms with Gasteiger partial charge in [-0.15, -0.1) is 0 Å². The van der Waals surface area contributed by atoms with Crippen LogP contribution in [0.3, 0.4) is 0 Å². The highest BCUT2D eigenvalue weighted by Crippen LogP contribution is 2.20. The topological polar surface area (TPSA) is 83.3 Å². The molecule has 0 aliphatic rings. The molecule has 7 nitrogen and oxygen atoms in total. The van der Waals surface area contributed by atoms with E-state index in [1.807, 2.05) is 42.5 Å². The van der Waals surface area contributed by atoms with Gasteiger partial charge in [0.05, 0.1) is 0 Å². The fourth-order valence-electron chi connectivity index (χ4n) is 2.84. The lowest BCUT2D eigenvalue weighted by Gasteiger charge is -2.22. The normalized spacial score (nSPS) is 11.1. The van der Waals surface area contributed by atoms with Gasteiger partial charge < -0.3 is 15.2 Å². The monoisotopic (exact) mass is 393 g/mol. The number of carbonyl (C=O) groups is 1. The lowest BCUT2D eigenvalue weighted by atomic mass is 10.1. The number of hydrogen-bond donors (Lipinski definition) is 2. The molecule has 2 N–H and O–H groups in total. The van der Waals surface area contributed by atoms with Crippen LogP contribution in [-0.2, 0) is 13.1 Å². The number of nitrogens with zero attached hydrogens (tertiary/aromatic N) is 3. The molecule has 0 radical (unpaired) electrons. The van der Waals surface area contributed by atoms with Gasteiger partial charge >= 0.3 is 6.03 Å². The number of amides is 2. The van der Waals surface area contributed by atoms with Crippen molar-refractivity contribution in [1.29, 1.82) is 0 Å². The van der Waals surface area contributed by atoms with Gasteiger partial charge in [-0.3, -0.25) is 4.90 Å². The van der Waals surface area contributed by atoms with Crippen LogP contribution in [0.2, 0.25) is 0 Å². The van der Waals surface area contributed by atoms with Crippen molar-refractivity contribution < 1.29 is 9.32 Å². The van der Waals surface area contributed by atoms with E-state index in [0.29, 0.717) is 30.0 Å². The first-order chi connectivity index (χ1) is 13.9. The van der Waals surface area contributed by atoms with Crippen molar-refractivity contribution in [2.45, 2.75) is 39.9 Å². The second-order valence-electron chi connectivity index (χ2n) is 7.30. The van der Waals surface area contributed by atoms with Gasteiger partial charge in [0.2, 0.25) is 11.7 Å². The van der Waals surface area contributed by atoms with Gasteiger partial charge in [-0.1, -0.05) is 41.6 Å². The first kappa shape index (κ1) is 20.5. The highest BCUT2D eigenvalue weighted by atomic mass is 16.5. The molecule has 0 saturated carbocycles. The number of anilines is 1. The van der Waals surface area contributed by atoms with Crippen molar-refractivity contribution >= 4 is 11.7 Å². The molecule has 0 fully saturated rings. The van der Waals surface area contributed by atoms with E-state index in [9.17, 15) is 4.79 Å². The Morgan fingerprint density at radius 3 is 2.59 bits per heavy atom. The summed E-state index contributed by atoms with van der Waals surface area (Å²) >= 11 is 0. The maximum atomic E-state index is 12.4. The zero-order valence-corrected chi connectivity index (χ0v) is 17.3. The predicted octanol–water partition coefficient (Wildman–Crippen LogP) is 4.21. The van der Waals surface area contributed by atoms with Crippen LogP contribution < -0.4 is 10.6 Å². The minimum atomic E-state index is -0.265. The zero-order chi connectivity index (χ0) is 20.8. The summed E-state index contributed by atoms with van der Waals surface area (Å²) < 4.78 is 5.02. The van der Waals surface area contributed by atoms with Gasteiger partial charge in [0.1, 0.15) is 0 Å². The molecule has 152 valence electrons. The van der Waals surface area contributed by atoms with E-state index in [4.69, 9.17) is 4.52 Å². The van der Waals surface area contributed by atoms with E-state index in [-0.39, 0.29) is 6.03 Å². The molecular weight excluding hydrogens is 366 g/mol. The average molecular weight is 393 g/mol. The summed E-state index contributed by atoms with van der Waals surface area (Å²) in [5.74, 6) is 0.993. The zero-order valence-electron chi connectivity index (χ0n) is 17.3. The molecule has 3 rings (SSSR count). The standard InChI is InChI=1S/C22H27N5O2/c1-15(2)27(4)14-19-9-6-5-8-18(19)13-23-22(28)25-20-11-7-10-17(12-20)21-24-16(3)29-26-21/h5-12,15H,13-14H2,1-4H3,(H2,23,25,28). The predicted molar refractivity (Wildman–Crippen MR) is 113 cm³/mol. The van der Waals surface area contributed by atoms with Crippen LogP contribution in [0.1, 0.15) is 30.9 Å². The number of aryl methyl sites for hydroxylation is 1. The van der Waals surface area contributed by atoms with E-state index in [1.165, 1.54) is 5.56 Å². The third-order valence-electron chi connectivity index (χ3n) is 4.77. The molecule has 0 atom stereocenters. The molecule has 2 aromatic carbocycles. The van der Waals surface area contributed by atoms with Crippen molar-refractivity contribution in [3.63, 3.8) is 0 Å². The summed E-state index contributed by atoms with van der Waals surface area (Å²) in [6, 6.07) is 15.7. The van der Waals surface area contributed by atoms with Gasteiger partial charge in [-0.2, -0.15) is 4.98 Å². The molecule has 0 aliphatic heterocycles. The van der Waals surface area contributed by atoms with Crippen molar-refractivity contribution in [2.24, 2.45) is 0 Å². The minimum Gasteiger partial charge on any atom is -0.339 e. The molecular formula is C22H27N5O2. The van der Waals surface area contributed by atoms with Crippen LogP contribution in [0.4, 0.5) is 10.5 Å². The molecule has 1 aromatic heterocycles. The van der Waals surface area contributed by atoms with E-state index in [0.717, 1.165) is 17.7 Å². The number of aromatic nitrogens is 2. The van der Waals surface area contributed by atoms with Crippen molar-refractivity contribution in [2.75, 3.05) is 12.4 Å². The van der Waals surface area contributed by atoms with Gasteiger partial charge in [0.25, 0.3) is 0 Å². The summed E-state index contributed by atoms with van der Waals surface area (Å²) in [6.45, 7) is 7.36. The third kappa shape index (κ3) is 5.65. The second kappa shape index (κ2) is 9.34. The molecule has 29 heavy (non-hydrogen) atoms. The van der Waals surface area contributed by atoms with Gasteiger partial charge in [0.15, 0.2) is 0 Å². The molecule has 2 amide bonds. The highest BCUT2D eigenvalue weighted by molar-refractivity contribution is 5.89. The minimum absolute atomic E-state index is 0.265. The molecule has 0 unspecified atom stereocenters. The summed E-state index contributed by atoms with van der Waals surface area (Å²) in [7, 11) is 2.10. The van der Waals surface area contributed by atoms with Crippen LogP contribution in [0.15, 0.2) is 53.1 Å². The van der Waals surface area contributed by atoms with E-state index >= 15 is 0 Å². The Labute approximate surface area is 171 Å². The number of hydrogen-bond acceptors (Lipinski definition) is 5. The van der Waals surface area contributed by atoms with Gasteiger partial charge in [-0.25, -0.2) is 4.79 Å². The number of rotatable bonds is 7. The first-order valence-electron chi connectivity index (χ1n) is 9.65. The largest absolute Gasteiger partial charge is 0.339 e. The van der Waals surface area contributed by atoms with Gasteiger partial charge in [-0.05, 0) is 44.2 Å². The quantitative estimate of drug-likeness (QED) is 0.628. The summed E-state index contributed by atoms with van der Waals surface area (Å²) in [5, 5.41) is 9.71. The summed E-state index contributed by atoms with van der Waals surface area (Å²) in [6.07, 6.45) is 0. The molecule has 0 saturated heterocycles. The van der Waals surface area contributed by atoms with E-state index in [2.05, 4.69) is 52.6 Å². The Hall–Kier alpha value is -3.19. The van der Waals surface area contributed by atoms with Crippen molar-refractivity contribution in [3.8, 4) is 11.4 Å². The van der Waals surface area contributed by atoms with Crippen molar-refractivity contribution in [3.05, 3.63) is 65.5 Å². The number of carbonyl (C=O) groups excluding carboxylic acids is 1. The van der Waals surface area contributed by atoms with E-state index in [1.54, 1.807) is 6.92 Å². The van der Waals surface area contributed by atoms with Crippen LogP contribution in [0.25, 0.3) is 11.4 Å². The smallest absolute Gasteiger partial charge is 0.319 e. The maximum Gasteiger partial charge on any atom is 0.319 e. The SMILES string of the molecule is Cc1nc(-c2cccc(NC(=O)NCc3ccccc3CN(C)C(C)C)c2)no1. The van der Waals surface area contributed by atoms with Crippen LogP contribution in [0.5, 0.6) is 0 Å². The van der Waals surface area contributed by atoms with Crippen LogP contribution >= 0.6 is 0 Å². The van der Waals surface area contributed by atoms with Crippen LogP contribution in [0, 0.1) is 6.92 Å². The summed E-state index contributed by atoms with van der Waals surface area (Å²) in [4.78, 5) is 18.9.